The van der Waals surface area contributed by atoms with Crippen LogP contribution >= 0.6 is 11.3 Å². The van der Waals surface area contributed by atoms with E-state index in [0.717, 1.165) is 37.0 Å². The number of rotatable bonds is 5. The van der Waals surface area contributed by atoms with Gasteiger partial charge in [0.25, 0.3) is 0 Å². The molecule has 0 unspecified atom stereocenters. The lowest BCUT2D eigenvalue weighted by Gasteiger charge is -2.28. The number of hydrogen-bond donors (Lipinski definition) is 2. The SMILES string of the molecule is COC(=O)c1sccc1S(=O)(=O)NC1(CN)CCCC1. The maximum atomic E-state index is 12.5. The van der Waals surface area contributed by atoms with Gasteiger partial charge in [-0.3, -0.25) is 0 Å². The zero-order valence-corrected chi connectivity index (χ0v) is 12.9. The van der Waals surface area contributed by atoms with Crippen molar-refractivity contribution in [1.82, 2.24) is 4.72 Å². The number of sulfonamides is 1. The molecule has 0 spiro atoms. The molecule has 1 aliphatic carbocycles. The number of nitrogens with two attached hydrogens (primary N) is 1. The molecule has 0 radical (unpaired) electrons. The largest absolute Gasteiger partial charge is 0.465 e. The Hall–Kier alpha value is -0.960. The molecule has 0 atom stereocenters. The van der Waals surface area contributed by atoms with Crippen molar-refractivity contribution in [2.45, 2.75) is 36.1 Å². The summed E-state index contributed by atoms with van der Waals surface area (Å²) in [5.41, 5.74) is 5.15. The highest BCUT2D eigenvalue weighted by Gasteiger charge is 2.38. The van der Waals surface area contributed by atoms with Crippen LogP contribution in [0.25, 0.3) is 0 Å². The minimum absolute atomic E-state index is 0.0333. The van der Waals surface area contributed by atoms with Gasteiger partial charge < -0.3 is 10.5 Å². The van der Waals surface area contributed by atoms with E-state index in [1.54, 1.807) is 5.38 Å². The van der Waals surface area contributed by atoms with Gasteiger partial charge in [0.2, 0.25) is 10.0 Å². The van der Waals surface area contributed by atoms with Gasteiger partial charge in [-0.1, -0.05) is 12.8 Å². The lowest BCUT2D eigenvalue weighted by molar-refractivity contribution is 0.0602. The Balaban J connectivity index is 2.31. The second-order valence-electron chi connectivity index (χ2n) is 4.90. The van der Waals surface area contributed by atoms with Crippen molar-refractivity contribution >= 4 is 27.3 Å². The molecule has 112 valence electrons. The van der Waals surface area contributed by atoms with E-state index < -0.39 is 21.5 Å². The first kappa shape index (κ1) is 15.4. The first-order valence-electron chi connectivity index (χ1n) is 6.34. The standard InChI is InChI=1S/C12H18N2O4S2/c1-18-11(15)10-9(4-7-19-10)20(16,17)14-12(8-13)5-2-3-6-12/h4,7,14H,2-3,5-6,8,13H2,1H3. The van der Waals surface area contributed by atoms with Gasteiger partial charge in [0.05, 0.1) is 7.11 Å². The third kappa shape index (κ3) is 2.88. The first-order chi connectivity index (χ1) is 9.44. The molecule has 6 nitrogen and oxygen atoms in total. The predicted molar refractivity (Wildman–Crippen MR) is 76.2 cm³/mol. The lowest BCUT2D eigenvalue weighted by atomic mass is 10.0. The summed E-state index contributed by atoms with van der Waals surface area (Å²) in [4.78, 5) is 11.7. The van der Waals surface area contributed by atoms with Crippen LogP contribution in [0.15, 0.2) is 16.3 Å². The first-order valence-corrected chi connectivity index (χ1v) is 8.70. The third-order valence-electron chi connectivity index (χ3n) is 3.59. The minimum Gasteiger partial charge on any atom is -0.465 e. The number of methoxy groups -OCH3 is 1. The average molecular weight is 318 g/mol. The summed E-state index contributed by atoms with van der Waals surface area (Å²) in [7, 11) is -2.55. The van der Waals surface area contributed by atoms with Crippen molar-refractivity contribution in [1.29, 1.82) is 0 Å². The number of hydrogen-bond acceptors (Lipinski definition) is 6. The molecule has 1 heterocycles. The quantitative estimate of drug-likeness (QED) is 0.792. The van der Waals surface area contributed by atoms with Crippen LogP contribution in [0.3, 0.4) is 0 Å². The summed E-state index contributed by atoms with van der Waals surface area (Å²) in [5.74, 6) is -0.645. The predicted octanol–water partition coefficient (Wildman–Crippen LogP) is 1.08. The Morgan fingerprint density at radius 2 is 2.15 bits per heavy atom. The highest BCUT2D eigenvalue weighted by molar-refractivity contribution is 7.89. The van der Waals surface area contributed by atoms with Crippen molar-refractivity contribution in [2.75, 3.05) is 13.7 Å². The normalized spacial score (nSPS) is 18.1. The van der Waals surface area contributed by atoms with E-state index in [-0.39, 0.29) is 16.3 Å². The van der Waals surface area contributed by atoms with Crippen LogP contribution in [0.2, 0.25) is 0 Å². The number of carbonyl (C=O) groups excluding carboxylic acids is 1. The second kappa shape index (κ2) is 5.80. The summed E-state index contributed by atoms with van der Waals surface area (Å²) in [5, 5.41) is 1.56. The fourth-order valence-electron chi connectivity index (χ4n) is 2.49. The third-order valence-corrected chi connectivity index (χ3v) is 6.24. The summed E-state index contributed by atoms with van der Waals surface area (Å²) in [6.07, 6.45) is 3.35. The maximum Gasteiger partial charge on any atom is 0.349 e. The zero-order chi connectivity index (χ0) is 14.8. The Labute approximate surface area is 122 Å². The monoisotopic (exact) mass is 318 g/mol. The van der Waals surface area contributed by atoms with Gasteiger partial charge in [0.15, 0.2) is 0 Å². The summed E-state index contributed by atoms with van der Waals surface area (Å²) >= 11 is 1.05. The molecule has 1 saturated carbocycles. The van der Waals surface area contributed by atoms with Crippen molar-refractivity contribution in [3.8, 4) is 0 Å². The van der Waals surface area contributed by atoms with E-state index in [0.29, 0.717) is 0 Å². The molecule has 0 aliphatic heterocycles. The fraction of sp³-hybridized carbons (Fsp3) is 0.583. The highest BCUT2D eigenvalue weighted by atomic mass is 32.2. The van der Waals surface area contributed by atoms with E-state index in [2.05, 4.69) is 9.46 Å². The van der Waals surface area contributed by atoms with Crippen LogP contribution in [0.1, 0.15) is 35.4 Å². The van der Waals surface area contributed by atoms with Crippen LogP contribution in [0.4, 0.5) is 0 Å². The van der Waals surface area contributed by atoms with Gasteiger partial charge in [-0.05, 0) is 24.3 Å². The van der Waals surface area contributed by atoms with Crippen LogP contribution in [-0.4, -0.2) is 33.6 Å². The number of thiophene rings is 1. The molecule has 0 aromatic carbocycles. The molecule has 0 bridgehead atoms. The molecule has 1 aromatic heterocycles. The van der Waals surface area contributed by atoms with Crippen LogP contribution in [0, 0.1) is 0 Å². The van der Waals surface area contributed by atoms with E-state index >= 15 is 0 Å². The number of nitrogens with one attached hydrogen (secondary N) is 1. The van der Waals surface area contributed by atoms with Gasteiger partial charge in [-0.15, -0.1) is 11.3 Å². The van der Waals surface area contributed by atoms with Crippen molar-refractivity contribution < 1.29 is 17.9 Å². The zero-order valence-electron chi connectivity index (χ0n) is 11.2. The molecule has 0 amide bonds. The number of esters is 1. The molecular weight excluding hydrogens is 300 g/mol. The van der Waals surface area contributed by atoms with Gasteiger partial charge in [0.1, 0.15) is 9.77 Å². The van der Waals surface area contributed by atoms with Crippen LogP contribution in [-0.2, 0) is 14.8 Å². The van der Waals surface area contributed by atoms with Crippen molar-refractivity contribution in [3.05, 3.63) is 16.3 Å². The smallest absolute Gasteiger partial charge is 0.349 e. The highest BCUT2D eigenvalue weighted by Crippen LogP contribution is 2.31. The molecule has 1 fully saturated rings. The van der Waals surface area contributed by atoms with Gasteiger partial charge in [-0.2, -0.15) is 0 Å². The van der Waals surface area contributed by atoms with Gasteiger partial charge in [0, 0.05) is 12.1 Å². The van der Waals surface area contributed by atoms with Crippen molar-refractivity contribution in [3.63, 3.8) is 0 Å². The van der Waals surface area contributed by atoms with E-state index in [9.17, 15) is 13.2 Å². The summed E-state index contributed by atoms with van der Waals surface area (Å²) < 4.78 is 32.3. The van der Waals surface area contributed by atoms with E-state index in [1.807, 2.05) is 0 Å². The Morgan fingerprint density at radius 1 is 1.50 bits per heavy atom. The van der Waals surface area contributed by atoms with Crippen molar-refractivity contribution in [2.24, 2.45) is 5.73 Å². The van der Waals surface area contributed by atoms with Crippen LogP contribution < -0.4 is 10.5 Å². The number of ether oxygens (including phenoxy) is 1. The molecule has 3 N–H and O–H groups in total. The van der Waals surface area contributed by atoms with Gasteiger partial charge >= 0.3 is 5.97 Å². The minimum atomic E-state index is -3.78. The van der Waals surface area contributed by atoms with E-state index in [4.69, 9.17) is 5.73 Å². The molecule has 1 aliphatic rings. The topological polar surface area (TPSA) is 98.5 Å². The molecule has 0 saturated heterocycles. The molecular formula is C12H18N2O4S2. The maximum absolute atomic E-state index is 12.5. The molecule has 8 heteroatoms. The van der Waals surface area contributed by atoms with Crippen LogP contribution in [0.5, 0.6) is 0 Å². The fourth-order valence-corrected chi connectivity index (χ4v) is 5.30. The summed E-state index contributed by atoms with van der Waals surface area (Å²) in [6.45, 7) is 0.254. The summed E-state index contributed by atoms with van der Waals surface area (Å²) in [6, 6.07) is 1.42. The molecule has 2 rings (SSSR count). The molecule has 20 heavy (non-hydrogen) atoms. The average Bonchev–Trinajstić information content (AvgIpc) is 3.06. The van der Waals surface area contributed by atoms with E-state index in [1.165, 1.54) is 13.2 Å². The Kier molecular flexibility index (Phi) is 4.48. The van der Waals surface area contributed by atoms with Gasteiger partial charge in [-0.25, -0.2) is 17.9 Å². The Morgan fingerprint density at radius 3 is 2.70 bits per heavy atom. The lowest BCUT2D eigenvalue weighted by Crippen LogP contribution is -2.51. The molecule has 1 aromatic rings. The second-order valence-corrected chi connectivity index (χ2v) is 7.47. The number of carbonyl (C=O) groups is 1. The Bertz CT molecular complexity index is 588.